The number of nitrogens with zero attached hydrogens (tertiary/aromatic N) is 1. The summed E-state index contributed by atoms with van der Waals surface area (Å²) in [5.74, 6) is 0.872. The number of amides is 1. The fourth-order valence-corrected chi connectivity index (χ4v) is 3.39. The van der Waals surface area contributed by atoms with Gasteiger partial charge in [0.05, 0.1) is 13.2 Å². The van der Waals surface area contributed by atoms with Gasteiger partial charge in [0.15, 0.2) is 5.78 Å². The molecule has 1 saturated heterocycles. The van der Waals surface area contributed by atoms with Gasteiger partial charge in [-0.25, -0.2) is 0 Å². The summed E-state index contributed by atoms with van der Waals surface area (Å²) in [4.78, 5) is 26.8. The lowest BCUT2D eigenvalue weighted by Crippen LogP contribution is -2.30. The van der Waals surface area contributed by atoms with Gasteiger partial charge >= 0.3 is 0 Å². The van der Waals surface area contributed by atoms with Crippen molar-refractivity contribution in [3.63, 3.8) is 0 Å². The van der Waals surface area contributed by atoms with E-state index >= 15 is 0 Å². The molecule has 3 rings (SSSR count). The minimum absolute atomic E-state index is 0.0195. The molecule has 1 fully saturated rings. The Hall–Kier alpha value is -2.62. The van der Waals surface area contributed by atoms with Crippen LogP contribution in [-0.4, -0.2) is 30.2 Å². The van der Waals surface area contributed by atoms with Gasteiger partial charge in [-0.3, -0.25) is 9.59 Å². The molecule has 0 bridgehead atoms. The average molecular weight is 337 g/mol. The van der Waals surface area contributed by atoms with Crippen molar-refractivity contribution >= 4 is 11.7 Å². The summed E-state index contributed by atoms with van der Waals surface area (Å²) in [5.41, 5.74) is 1.76. The van der Waals surface area contributed by atoms with E-state index in [1.54, 1.807) is 19.2 Å². The zero-order valence-corrected chi connectivity index (χ0v) is 14.5. The molecule has 1 amide bonds. The van der Waals surface area contributed by atoms with Crippen molar-refractivity contribution in [2.45, 2.75) is 31.7 Å². The predicted molar refractivity (Wildman–Crippen MR) is 96.7 cm³/mol. The third kappa shape index (κ3) is 4.08. The number of carbonyl (C=O) groups excluding carboxylic acids is 2. The summed E-state index contributed by atoms with van der Waals surface area (Å²) < 4.78 is 5.29. The minimum Gasteiger partial charge on any atom is -0.497 e. The summed E-state index contributed by atoms with van der Waals surface area (Å²) >= 11 is 0. The fraction of sp³-hybridized carbons (Fsp3) is 0.333. The van der Waals surface area contributed by atoms with Crippen molar-refractivity contribution < 1.29 is 14.3 Å². The van der Waals surface area contributed by atoms with Crippen LogP contribution >= 0.6 is 0 Å². The molecule has 2 aromatic carbocycles. The van der Waals surface area contributed by atoms with Crippen molar-refractivity contribution in [2.75, 3.05) is 13.7 Å². The first kappa shape index (κ1) is 17.2. The van der Waals surface area contributed by atoms with Crippen molar-refractivity contribution in [1.29, 1.82) is 0 Å². The monoisotopic (exact) mass is 337 g/mol. The lowest BCUT2D eigenvalue weighted by molar-refractivity contribution is -0.132. The minimum atomic E-state index is 0.0195. The first-order valence-corrected chi connectivity index (χ1v) is 8.70. The molecule has 0 N–H and O–H groups in total. The Morgan fingerprint density at radius 2 is 1.88 bits per heavy atom. The number of ether oxygens (including phenoxy) is 1. The second-order valence-corrected chi connectivity index (χ2v) is 6.31. The van der Waals surface area contributed by atoms with E-state index in [2.05, 4.69) is 0 Å². The van der Waals surface area contributed by atoms with Crippen molar-refractivity contribution in [1.82, 2.24) is 4.90 Å². The van der Waals surface area contributed by atoms with Crippen molar-refractivity contribution in [3.8, 4) is 5.75 Å². The molecule has 1 heterocycles. The SMILES string of the molecule is COc1cccc(C2CCCN2C(=O)CCC(=O)c2ccccc2)c1. The molecule has 0 spiro atoms. The highest BCUT2D eigenvalue weighted by molar-refractivity contribution is 5.97. The molecule has 1 atom stereocenters. The molecular formula is C21H23NO3. The topological polar surface area (TPSA) is 46.6 Å². The highest BCUT2D eigenvalue weighted by Crippen LogP contribution is 2.34. The number of hydrogen-bond acceptors (Lipinski definition) is 3. The Labute approximate surface area is 148 Å². The largest absolute Gasteiger partial charge is 0.497 e. The number of ketones is 1. The van der Waals surface area contributed by atoms with Gasteiger partial charge in [-0.05, 0) is 30.5 Å². The number of hydrogen-bond donors (Lipinski definition) is 0. The molecule has 1 unspecified atom stereocenters. The van der Waals surface area contributed by atoms with Gasteiger partial charge in [0.25, 0.3) is 0 Å². The van der Waals surface area contributed by atoms with Crippen LogP contribution < -0.4 is 4.74 Å². The van der Waals surface area contributed by atoms with E-state index in [9.17, 15) is 9.59 Å². The maximum absolute atomic E-state index is 12.7. The van der Waals surface area contributed by atoms with Gasteiger partial charge < -0.3 is 9.64 Å². The van der Waals surface area contributed by atoms with Crippen LogP contribution in [0.1, 0.15) is 47.6 Å². The van der Waals surface area contributed by atoms with Gasteiger partial charge in [0.1, 0.15) is 5.75 Å². The first-order valence-electron chi connectivity index (χ1n) is 8.70. The van der Waals surface area contributed by atoms with Crippen LogP contribution in [0.3, 0.4) is 0 Å². The number of Topliss-reactive ketones (excluding diaryl/α,β-unsaturated/α-hetero) is 1. The second kappa shape index (κ2) is 7.97. The van der Waals surface area contributed by atoms with Crippen LogP contribution in [0.15, 0.2) is 54.6 Å². The Kier molecular flexibility index (Phi) is 5.49. The van der Waals surface area contributed by atoms with Crippen LogP contribution in [0.5, 0.6) is 5.75 Å². The molecular weight excluding hydrogens is 314 g/mol. The van der Waals surface area contributed by atoms with Gasteiger partial charge in [0.2, 0.25) is 5.91 Å². The fourth-order valence-electron chi connectivity index (χ4n) is 3.39. The molecule has 0 saturated carbocycles. The molecule has 0 aromatic heterocycles. The Morgan fingerprint density at radius 3 is 2.64 bits per heavy atom. The van der Waals surface area contributed by atoms with Crippen LogP contribution in [0.25, 0.3) is 0 Å². The number of likely N-dealkylation sites (tertiary alicyclic amines) is 1. The zero-order valence-electron chi connectivity index (χ0n) is 14.5. The first-order chi connectivity index (χ1) is 12.2. The molecule has 2 aromatic rings. The molecule has 4 heteroatoms. The van der Waals surface area contributed by atoms with E-state index in [-0.39, 0.29) is 30.6 Å². The lowest BCUT2D eigenvalue weighted by Gasteiger charge is -2.25. The average Bonchev–Trinajstić information content (AvgIpc) is 3.16. The quantitative estimate of drug-likeness (QED) is 0.748. The standard InChI is InChI=1S/C21H23NO3/c1-25-18-10-5-9-17(15-18)19-11-6-14-22(19)21(24)13-12-20(23)16-7-3-2-4-8-16/h2-5,7-10,15,19H,6,11-14H2,1H3. The van der Waals surface area contributed by atoms with Gasteiger partial charge in [0, 0.05) is 24.9 Å². The number of carbonyl (C=O) groups is 2. The third-order valence-corrected chi connectivity index (χ3v) is 4.71. The van der Waals surface area contributed by atoms with Crippen LogP contribution in [0, 0.1) is 0 Å². The van der Waals surface area contributed by atoms with Gasteiger partial charge in [-0.2, -0.15) is 0 Å². The zero-order chi connectivity index (χ0) is 17.6. The highest BCUT2D eigenvalue weighted by Gasteiger charge is 2.30. The van der Waals surface area contributed by atoms with E-state index in [1.807, 2.05) is 47.4 Å². The number of rotatable bonds is 6. The molecule has 130 valence electrons. The normalized spacial score (nSPS) is 16.7. The summed E-state index contributed by atoms with van der Waals surface area (Å²) in [7, 11) is 1.64. The summed E-state index contributed by atoms with van der Waals surface area (Å²) in [6, 6.07) is 17.1. The van der Waals surface area contributed by atoms with E-state index in [1.165, 1.54) is 0 Å². The second-order valence-electron chi connectivity index (χ2n) is 6.31. The molecule has 1 aliphatic heterocycles. The van der Waals surface area contributed by atoms with Crippen molar-refractivity contribution in [2.24, 2.45) is 0 Å². The third-order valence-electron chi connectivity index (χ3n) is 4.71. The molecule has 0 radical (unpaired) electrons. The maximum Gasteiger partial charge on any atom is 0.223 e. The molecule has 4 nitrogen and oxygen atoms in total. The number of methoxy groups -OCH3 is 1. The van der Waals surface area contributed by atoms with E-state index < -0.39 is 0 Å². The van der Waals surface area contributed by atoms with Crippen LogP contribution in [-0.2, 0) is 4.79 Å². The molecule has 1 aliphatic rings. The van der Waals surface area contributed by atoms with Gasteiger partial charge in [-0.15, -0.1) is 0 Å². The van der Waals surface area contributed by atoms with E-state index in [0.717, 1.165) is 30.7 Å². The Morgan fingerprint density at radius 1 is 1.08 bits per heavy atom. The summed E-state index contributed by atoms with van der Waals surface area (Å²) in [6.07, 6.45) is 2.45. The van der Waals surface area contributed by atoms with E-state index in [4.69, 9.17) is 4.74 Å². The predicted octanol–water partition coefficient (Wildman–Crippen LogP) is 4.02. The van der Waals surface area contributed by atoms with Crippen LogP contribution in [0.2, 0.25) is 0 Å². The molecule has 0 aliphatic carbocycles. The smallest absolute Gasteiger partial charge is 0.223 e. The van der Waals surface area contributed by atoms with E-state index in [0.29, 0.717) is 5.56 Å². The molecule has 25 heavy (non-hydrogen) atoms. The summed E-state index contributed by atoms with van der Waals surface area (Å²) in [6.45, 7) is 0.750. The highest BCUT2D eigenvalue weighted by atomic mass is 16.5. The maximum atomic E-state index is 12.7. The lowest BCUT2D eigenvalue weighted by atomic mass is 10.0. The summed E-state index contributed by atoms with van der Waals surface area (Å²) in [5, 5.41) is 0. The Balaban J connectivity index is 1.63. The van der Waals surface area contributed by atoms with Crippen LogP contribution in [0.4, 0.5) is 0 Å². The number of benzene rings is 2. The Bertz CT molecular complexity index is 742. The van der Waals surface area contributed by atoms with Crippen molar-refractivity contribution in [3.05, 3.63) is 65.7 Å². The van der Waals surface area contributed by atoms with Gasteiger partial charge in [-0.1, -0.05) is 42.5 Å².